The van der Waals surface area contributed by atoms with Gasteiger partial charge in [0.05, 0.1) is 0 Å². The topological polar surface area (TPSA) is 65.1 Å². The molecular formula is C26H34F2N4. The highest BCUT2D eigenvalue weighted by Gasteiger charge is 2.24. The fourth-order valence-electron chi connectivity index (χ4n) is 3.62. The minimum absolute atomic E-state index is 0.0248. The highest BCUT2D eigenvalue weighted by Crippen LogP contribution is 2.33. The van der Waals surface area contributed by atoms with Crippen molar-refractivity contribution in [3.63, 3.8) is 0 Å². The molecule has 0 heterocycles. The Balaban J connectivity index is 2.18. The molecule has 0 aliphatic rings. The minimum Gasteiger partial charge on any atom is -0.384 e. The van der Waals surface area contributed by atoms with Gasteiger partial charge >= 0.3 is 0 Å². The van der Waals surface area contributed by atoms with Crippen LogP contribution < -0.4 is 16.0 Å². The smallest absolute Gasteiger partial charge is 0.242 e. The van der Waals surface area contributed by atoms with Crippen LogP contribution >= 0.6 is 0 Å². The largest absolute Gasteiger partial charge is 0.384 e. The molecule has 0 bridgehead atoms. The predicted molar refractivity (Wildman–Crippen MR) is 131 cm³/mol. The van der Waals surface area contributed by atoms with E-state index in [1.54, 1.807) is 24.3 Å². The Hall–Kier alpha value is -3.15. The van der Waals surface area contributed by atoms with Crippen LogP contribution in [0.5, 0.6) is 0 Å². The molecule has 2 atom stereocenters. The van der Waals surface area contributed by atoms with Gasteiger partial charge in [0.15, 0.2) is 0 Å². The number of amidine groups is 1. The van der Waals surface area contributed by atoms with Gasteiger partial charge < -0.3 is 16.0 Å². The van der Waals surface area contributed by atoms with Crippen molar-refractivity contribution in [2.45, 2.75) is 40.0 Å². The summed E-state index contributed by atoms with van der Waals surface area (Å²) in [5.41, 5.74) is 10.1. The summed E-state index contributed by atoms with van der Waals surface area (Å²) in [6, 6.07) is 14.6. The molecular weight excluding hydrogens is 406 g/mol. The van der Waals surface area contributed by atoms with Gasteiger partial charge in [-0.3, -0.25) is 5.41 Å². The average molecular weight is 441 g/mol. The summed E-state index contributed by atoms with van der Waals surface area (Å²) in [6.07, 6.45) is -1.81. The van der Waals surface area contributed by atoms with Crippen LogP contribution in [0.1, 0.15) is 38.3 Å². The second-order valence-corrected chi connectivity index (χ2v) is 8.09. The van der Waals surface area contributed by atoms with E-state index in [2.05, 4.69) is 44.1 Å². The second-order valence-electron chi connectivity index (χ2n) is 8.09. The van der Waals surface area contributed by atoms with Gasteiger partial charge in [-0.05, 0) is 42.3 Å². The lowest BCUT2D eigenvalue weighted by Gasteiger charge is -2.35. The van der Waals surface area contributed by atoms with Crippen LogP contribution in [0.25, 0.3) is 0 Å². The van der Waals surface area contributed by atoms with Crippen molar-refractivity contribution in [3.8, 4) is 0 Å². The van der Waals surface area contributed by atoms with Gasteiger partial charge in [0.25, 0.3) is 0 Å². The number of allylic oxidation sites excluding steroid dienone is 2. The molecule has 2 aromatic rings. The van der Waals surface area contributed by atoms with Gasteiger partial charge in [-0.2, -0.15) is 0 Å². The van der Waals surface area contributed by atoms with E-state index in [0.717, 1.165) is 29.2 Å². The van der Waals surface area contributed by atoms with Crippen molar-refractivity contribution in [1.82, 2.24) is 0 Å². The number of nitrogen functional groups attached to an aromatic ring is 1. The lowest BCUT2D eigenvalue weighted by atomic mass is 9.89. The zero-order chi connectivity index (χ0) is 23.8. The summed E-state index contributed by atoms with van der Waals surface area (Å²) in [6.45, 7) is 15.5. The molecule has 6 heteroatoms. The van der Waals surface area contributed by atoms with E-state index in [0.29, 0.717) is 17.7 Å². The number of anilines is 2. The van der Waals surface area contributed by atoms with Gasteiger partial charge in [0, 0.05) is 53.1 Å². The van der Waals surface area contributed by atoms with Crippen molar-refractivity contribution >= 4 is 17.2 Å². The van der Waals surface area contributed by atoms with E-state index in [1.165, 1.54) is 0 Å². The van der Waals surface area contributed by atoms with Crippen molar-refractivity contribution in [3.05, 3.63) is 84.2 Å². The summed E-state index contributed by atoms with van der Waals surface area (Å²) in [5.74, 6) is 0.0889. The Labute approximate surface area is 190 Å². The second kappa shape index (κ2) is 11.5. The maximum atomic E-state index is 13.1. The monoisotopic (exact) mass is 440 g/mol. The van der Waals surface area contributed by atoms with Crippen molar-refractivity contribution < 1.29 is 8.78 Å². The number of hydrogen-bond acceptors (Lipinski definition) is 3. The van der Waals surface area contributed by atoms with Crippen molar-refractivity contribution in [2.75, 3.05) is 16.8 Å². The minimum atomic E-state index is -2.40. The number of nitrogens with one attached hydrogen (secondary N) is 2. The fraction of sp³-hybridized carbons (Fsp3) is 0.346. The number of para-hydroxylation sites is 1. The molecule has 2 aromatic carbocycles. The molecule has 0 saturated heterocycles. The first-order chi connectivity index (χ1) is 15.1. The SMILES string of the molecule is C=C(Nc1ccc(C(=N)N)cc1)C(C)C(C)C(=C)N(CCC)c1ccccc1CC(F)F. The molecule has 0 aliphatic heterocycles. The third-order valence-corrected chi connectivity index (χ3v) is 5.78. The number of alkyl halides is 2. The van der Waals surface area contributed by atoms with Crippen LogP contribution in [0.4, 0.5) is 20.2 Å². The van der Waals surface area contributed by atoms with Crippen LogP contribution in [-0.4, -0.2) is 18.8 Å². The van der Waals surface area contributed by atoms with Gasteiger partial charge in [0.2, 0.25) is 6.43 Å². The molecule has 172 valence electrons. The first kappa shape index (κ1) is 25.1. The highest BCUT2D eigenvalue weighted by atomic mass is 19.3. The van der Waals surface area contributed by atoms with E-state index < -0.39 is 6.43 Å². The molecule has 32 heavy (non-hydrogen) atoms. The van der Waals surface area contributed by atoms with Crippen molar-refractivity contribution in [1.29, 1.82) is 5.41 Å². The van der Waals surface area contributed by atoms with Crippen LogP contribution in [0.3, 0.4) is 0 Å². The summed E-state index contributed by atoms with van der Waals surface area (Å²) in [4.78, 5) is 2.06. The predicted octanol–water partition coefficient (Wildman–Crippen LogP) is 6.41. The molecule has 0 aromatic heterocycles. The zero-order valence-corrected chi connectivity index (χ0v) is 19.2. The van der Waals surface area contributed by atoms with E-state index in [9.17, 15) is 8.78 Å². The molecule has 0 amide bonds. The molecule has 4 N–H and O–H groups in total. The summed E-state index contributed by atoms with van der Waals surface area (Å²) in [7, 11) is 0. The molecule has 0 radical (unpaired) electrons. The Bertz CT molecular complexity index is 937. The lowest BCUT2D eigenvalue weighted by molar-refractivity contribution is 0.149. The van der Waals surface area contributed by atoms with Crippen molar-refractivity contribution in [2.24, 2.45) is 17.6 Å². The number of halogens is 2. The average Bonchev–Trinajstić information content (AvgIpc) is 2.76. The van der Waals surface area contributed by atoms with Crippen LogP contribution in [-0.2, 0) is 6.42 Å². The normalized spacial score (nSPS) is 12.8. The summed E-state index contributed by atoms with van der Waals surface area (Å²) >= 11 is 0. The maximum absolute atomic E-state index is 13.1. The zero-order valence-electron chi connectivity index (χ0n) is 19.2. The Morgan fingerprint density at radius 2 is 1.69 bits per heavy atom. The molecule has 0 spiro atoms. The maximum Gasteiger partial charge on any atom is 0.242 e. The molecule has 2 rings (SSSR count). The van der Waals surface area contributed by atoms with E-state index >= 15 is 0 Å². The molecule has 0 fully saturated rings. The van der Waals surface area contributed by atoms with Gasteiger partial charge in [-0.25, -0.2) is 8.78 Å². The summed E-state index contributed by atoms with van der Waals surface area (Å²) in [5, 5.41) is 10.8. The van der Waals surface area contributed by atoms with Crippen LogP contribution in [0.2, 0.25) is 0 Å². The lowest BCUT2D eigenvalue weighted by Crippen LogP contribution is -2.31. The number of benzene rings is 2. The highest BCUT2D eigenvalue weighted by molar-refractivity contribution is 5.95. The first-order valence-corrected chi connectivity index (χ1v) is 10.9. The quantitative estimate of drug-likeness (QED) is 0.264. The number of nitrogens with zero attached hydrogens (tertiary/aromatic N) is 1. The van der Waals surface area contributed by atoms with Crippen LogP contribution in [0, 0.1) is 17.2 Å². The van der Waals surface area contributed by atoms with Gasteiger partial charge in [-0.1, -0.05) is 52.1 Å². The molecule has 2 unspecified atom stereocenters. The first-order valence-electron chi connectivity index (χ1n) is 10.9. The Kier molecular flexibility index (Phi) is 9.00. The fourth-order valence-corrected chi connectivity index (χ4v) is 3.62. The van der Waals surface area contributed by atoms with E-state index in [-0.39, 0.29) is 24.1 Å². The third-order valence-electron chi connectivity index (χ3n) is 5.78. The Morgan fingerprint density at radius 3 is 2.25 bits per heavy atom. The van der Waals surface area contributed by atoms with E-state index in [1.807, 2.05) is 24.3 Å². The standard InChI is InChI=1S/C26H34F2N4/c1-6-15-32(24-10-8-7-9-22(24)16-25(27)28)20(5)18(3)17(2)19(4)31-23-13-11-21(12-14-23)26(29)30/h7-14,17-18,25,31H,4-6,15-16H2,1-3H3,(H3,29,30). The molecule has 0 aliphatic carbocycles. The third kappa shape index (κ3) is 6.42. The number of hydrogen-bond donors (Lipinski definition) is 3. The Morgan fingerprint density at radius 1 is 1.06 bits per heavy atom. The number of nitrogens with two attached hydrogens (primary N) is 1. The van der Waals surface area contributed by atoms with Gasteiger partial charge in [-0.15, -0.1) is 0 Å². The summed E-state index contributed by atoms with van der Waals surface area (Å²) < 4.78 is 26.3. The van der Waals surface area contributed by atoms with Gasteiger partial charge in [0.1, 0.15) is 5.84 Å². The molecule has 0 saturated carbocycles. The molecule has 4 nitrogen and oxygen atoms in total. The van der Waals surface area contributed by atoms with Crippen LogP contribution in [0.15, 0.2) is 73.1 Å². The number of rotatable bonds is 12. The van der Waals surface area contributed by atoms with E-state index in [4.69, 9.17) is 11.1 Å².